The lowest BCUT2D eigenvalue weighted by molar-refractivity contribution is -0.142. The Morgan fingerprint density at radius 2 is 0.884 bits per heavy atom. The van der Waals surface area contributed by atoms with E-state index in [-0.39, 0.29) is 122 Å². The molecule has 12 atom stereocenters. The van der Waals surface area contributed by atoms with Gasteiger partial charge in [-0.05, 0) is 158 Å². The molecule has 13 amide bonds. The summed E-state index contributed by atoms with van der Waals surface area (Å²) in [5, 5.41) is 34.5. The first-order valence-corrected chi connectivity index (χ1v) is 51.0. The van der Waals surface area contributed by atoms with E-state index >= 15 is 0 Å². The van der Waals surface area contributed by atoms with Gasteiger partial charge in [0.15, 0.2) is 0 Å². The third-order valence-corrected chi connectivity index (χ3v) is 26.6. The Hall–Kier alpha value is -14.2. The molecule has 13 rings (SSSR count). The zero-order valence-corrected chi connectivity index (χ0v) is 86.5. The normalized spacial score (nSPS) is 22.4. The Bertz CT molecular complexity index is 5630. The molecule has 5 aliphatic rings. The molecule has 1 fully saturated rings. The van der Waals surface area contributed by atoms with Crippen molar-refractivity contribution in [3.05, 3.63) is 268 Å². The molecule has 12 N–H and O–H groups in total. The van der Waals surface area contributed by atoms with Crippen molar-refractivity contribution in [1.29, 1.82) is 0 Å². The number of nitrogens with one attached hydrogen (secondary N) is 12. The van der Waals surface area contributed by atoms with Crippen LogP contribution in [0.25, 0.3) is 6.08 Å². The van der Waals surface area contributed by atoms with Crippen LogP contribution in [0.4, 0.5) is 13.6 Å². The quantitative estimate of drug-likeness (QED) is 0.0454. The SMILES string of the molecule is CCC(C)[C@@H]1NCCOc2ccccc2/C=C/CNC(=O)N(Cc2ccccc2)NC(=O)[C@@H](C)N(C)C1=O.CCC(C)[C@@H]1NCCOc2ccccc2CCCNC(=O)[C@@H](Cc2ccc(F)cc2)NC(=O)[C@@H](C)N(C)C1=O.CCC[C@@H]1NCc2cccc(c2)CNC(=O)[C@@H](Cc2ccccc2)NC(=O)CN(C)C1=O.C[C@@H]1C(=O)N[C@H](Cc2ccc(F)cc2)C(=O)NCCOc2cccc(c2)OCCN[C@@H](C2CC2)C(=O)N1C. The average Bonchev–Trinajstić information content (AvgIpc) is 1.73. The molecule has 4 bridgehead atoms. The van der Waals surface area contributed by atoms with Crippen LogP contribution in [0, 0.1) is 29.4 Å². The van der Waals surface area contributed by atoms with Gasteiger partial charge in [-0.1, -0.05) is 218 Å². The predicted octanol–water partition coefficient (Wildman–Crippen LogP) is 9.45. The van der Waals surface area contributed by atoms with Gasteiger partial charge in [0.1, 0.15) is 97.3 Å². The number of benzene rings is 8. The number of carbonyl (C=O) groups is 12. The number of carbonyl (C=O) groups excluding carboxylic acids is 12. The Morgan fingerprint density at radius 1 is 0.415 bits per heavy atom. The number of urea groups is 1. The number of hydrogen-bond donors (Lipinski definition) is 12. The Morgan fingerprint density at radius 3 is 1.45 bits per heavy atom. The van der Waals surface area contributed by atoms with Crippen molar-refractivity contribution in [1.82, 2.24) is 88.5 Å². The van der Waals surface area contributed by atoms with E-state index in [4.69, 9.17) is 18.9 Å². The second-order valence-electron chi connectivity index (χ2n) is 37.7. The molecule has 33 nitrogen and oxygen atoms in total. The predicted molar refractivity (Wildman–Crippen MR) is 560 cm³/mol. The zero-order valence-electron chi connectivity index (χ0n) is 86.5. The van der Waals surface area contributed by atoms with Crippen molar-refractivity contribution < 1.29 is 85.3 Å². The number of nitrogens with zero attached hydrogens (tertiary/aromatic N) is 5. The summed E-state index contributed by atoms with van der Waals surface area (Å²) in [6.45, 7) is 19.6. The summed E-state index contributed by atoms with van der Waals surface area (Å²) >= 11 is 0. The van der Waals surface area contributed by atoms with Crippen LogP contribution in [0.5, 0.6) is 23.0 Å². The highest BCUT2D eigenvalue weighted by atomic mass is 19.1. The number of ether oxygens (including phenoxy) is 4. The number of rotatable bonds is 15. The Labute approximate surface area is 862 Å². The second kappa shape index (κ2) is 59.5. The van der Waals surface area contributed by atoms with Crippen molar-refractivity contribution in [3.8, 4) is 23.0 Å². The van der Waals surface area contributed by atoms with E-state index in [1.807, 2.05) is 192 Å². The Balaban J connectivity index is 0.000000201. The molecule has 790 valence electrons. The third kappa shape index (κ3) is 36.8. The maximum atomic E-state index is 13.5. The van der Waals surface area contributed by atoms with Crippen LogP contribution in [-0.2, 0) is 98.1 Å². The van der Waals surface area contributed by atoms with Gasteiger partial charge in [-0.2, -0.15) is 0 Å². The molecule has 4 heterocycles. The van der Waals surface area contributed by atoms with Crippen LogP contribution < -0.4 is 82.9 Å². The Kier molecular flexibility index (Phi) is 46.4. The number of hydrogen-bond acceptors (Lipinski definition) is 20. The molecule has 8 aromatic carbocycles. The molecule has 147 heavy (non-hydrogen) atoms. The summed E-state index contributed by atoms with van der Waals surface area (Å²) in [5.41, 5.74) is 9.83. The number of hydrazine groups is 1. The maximum absolute atomic E-state index is 13.5. The van der Waals surface area contributed by atoms with Gasteiger partial charge in [0.05, 0.1) is 43.8 Å². The minimum absolute atomic E-state index is 0.0325. The van der Waals surface area contributed by atoms with Crippen molar-refractivity contribution in [2.75, 3.05) is 100 Å². The minimum Gasteiger partial charge on any atom is -0.492 e. The van der Waals surface area contributed by atoms with Crippen molar-refractivity contribution in [2.24, 2.45) is 17.8 Å². The summed E-state index contributed by atoms with van der Waals surface area (Å²) in [6.07, 6.45) is 10.8. The number of para-hydroxylation sites is 2. The van der Waals surface area contributed by atoms with Gasteiger partial charge in [-0.3, -0.25) is 58.2 Å². The van der Waals surface area contributed by atoms with E-state index in [1.165, 1.54) is 48.9 Å². The van der Waals surface area contributed by atoms with Crippen LogP contribution in [0.2, 0.25) is 0 Å². The molecule has 1 aliphatic carbocycles. The minimum atomic E-state index is -0.921. The van der Waals surface area contributed by atoms with Gasteiger partial charge in [0.2, 0.25) is 59.1 Å². The van der Waals surface area contributed by atoms with E-state index < -0.39 is 84.0 Å². The monoisotopic (exact) mass is 2020 g/mol. The van der Waals surface area contributed by atoms with Gasteiger partial charge >= 0.3 is 6.03 Å². The summed E-state index contributed by atoms with van der Waals surface area (Å²) < 4.78 is 50.5. The van der Waals surface area contributed by atoms with Crippen LogP contribution >= 0.6 is 0 Å². The molecule has 8 aromatic rings. The first-order chi connectivity index (χ1) is 70.8. The largest absolute Gasteiger partial charge is 0.492 e. The lowest BCUT2D eigenvalue weighted by Gasteiger charge is -2.33. The van der Waals surface area contributed by atoms with Gasteiger partial charge < -0.3 is 97.0 Å². The van der Waals surface area contributed by atoms with Crippen molar-refractivity contribution in [2.45, 2.75) is 206 Å². The summed E-state index contributed by atoms with van der Waals surface area (Å²) in [4.78, 5) is 164. The first-order valence-electron chi connectivity index (χ1n) is 51.0. The highest BCUT2D eigenvalue weighted by Crippen LogP contribution is 2.34. The van der Waals surface area contributed by atoms with E-state index in [2.05, 4.69) is 63.9 Å². The number of aryl methyl sites for hydroxylation is 1. The molecule has 4 aliphatic heterocycles. The van der Waals surface area contributed by atoms with Crippen LogP contribution in [0.1, 0.15) is 145 Å². The number of halogens is 2. The number of fused-ring (bicyclic) bond motifs is 6. The van der Waals surface area contributed by atoms with Gasteiger partial charge in [-0.15, -0.1) is 0 Å². The fourth-order valence-electron chi connectivity index (χ4n) is 16.8. The first kappa shape index (κ1) is 115. The molecule has 0 saturated heterocycles. The van der Waals surface area contributed by atoms with Crippen molar-refractivity contribution in [3.63, 3.8) is 0 Å². The van der Waals surface area contributed by atoms with Gasteiger partial charge in [-0.25, -0.2) is 18.6 Å². The molecule has 2 unspecified atom stereocenters. The molecular weight excluding hydrogens is 1880 g/mol. The maximum Gasteiger partial charge on any atom is 0.336 e. The smallest absolute Gasteiger partial charge is 0.336 e. The average molecular weight is 2030 g/mol. The lowest BCUT2D eigenvalue weighted by atomic mass is 9.97. The van der Waals surface area contributed by atoms with Crippen molar-refractivity contribution >= 4 is 77.1 Å². The molecular formula is C112H147F2N17O16. The summed E-state index contributed by atoms with van der Waals surface area (Å²) in [5.74, 6) is -1.13. The fourth-order valence-corrected chi connectivity index (χ4v) is 16.8. The molecule has 35 heteroatoms. The molecule has 0 spiro atoms. The van der Waals surface area contributed by atoms with Crippen LogP contribution in [0.15, 0.2) is 212 Å². The van der Waals surface area contributed by atoms with E-state index in [9.17, 15) is 66.3 Å². The third-order valence-electron chi connectivity index (χ3n) is 26.6. The standard InChI is InChI=1S/C30H41FN4O4.C29H39N5O4.C28H35FN4O5.C25H32N4O3/c1-5-20(2)27-30(38)35(4)21(3)28(36)34-25(19-22-12-14-24(31)15-13-22)29(37)33-16-8-10-23-9-6-7-11-26(23)39-18-17-32-27;1-5-21(2)26-28(36)33(4)22(3)27(35)32-34(20-23-12-7-6-8-13-23)29(37)31-17-11-15-24-14-9-10-16-25(24)38-19-18-30-26;1-18-26(34)32-24(16-19-6-10-21(29)11-7-19)27(35)31-13-15-38-23-5-3-4-22(17-23)37-14-12-30-25(20-8-9-20)28(36)33(18)2;1-3-8-21-25(32)29(2)17-23(30)28-22(14-18-9-5-4-6-10-18)24(31)27-16-20-12-7-11-19(13-20)15-26-21/h6-7,9,11-15,20-21,25,27,32H,5,8,10,16-19H2,1-4H3,(H,33,37)(H,34,36);6-16,21-22,26,30H,5,17-20H2,1-4H3,(H,31,37)(H,32,35);3-7,10-11,17-18,20,24-25,30H,8-9,12-16H2,1-2H3,(H,31,35)(H,32,34);4-7,9-13,21-22,26H,3,8,14-17H2,1-2H3,(H,27,31)(H,28,30)/b;15-11+;;/t20?,21-,25-,27+;21?,22-,26+;18-,24-,25+;21-,22+/m1110/s1. The fraction of sp³-hybridized carbons (Fsp3) is 0.446. The topological polar surface area (TPSA) is 402 Å². The van der Waals surface area contributed by atoms with Gasteiger partial charge in [0.25, 0.3) is 5.91 Å². The van der Waals surface area contributed by atoms with Crippen LogP contribution in [0.3, 0.4) is 0 Å². The zero-order chi connectivity index (χ0) is 106. The summed E-state index contributed by atoms with van der Waals surface area (Å²) in [7, 11) is 6.43. The lowest BCUT2D eigenvalue weighted by Crippen LogP contribution is -2.58. The summed E-state index contributed by atoms with van der Waals surface area (Å²) in [6, 6.07) is 54.0. The van der Waals surface area contributed by atoms with E-state index in [1.54, 1.807) is 85.4 Å². The number of amides is 13. The molecule has 1 saturated carbocycles. The molecule has 0 radical (unpaired) electrons. The van der Waals surface area contributed by atoms with Crippen LogP contribution in [-0.4, -0.2) is 256 Å². The highest BCUT2D eigenvalue weighted by molar-refractivity contribution is 5.96. The number of likely N-dealkylation sites (N-methyl/N-ethyl adjacent to an activating group) is 4. The van der Waals surface area contributed by atoms with Gasteiger partial charge in [0, 0.05) is 105 Å². The highest BCUT2D eigenvalue weighted by Gasteiger charge is 2.41. The van der Waals surface area contributed by atoms with E-state index in [0.717, 1.165) is 71.2 Å². The molecule has 0 aromatic heterocycles. The second-order valence-corrected chi connectivity index (χ2v) is 37.7. The van der Waals surface area contributed by atoms with E-state index in [0.29, 0.717) is 113 Å².